The number of aliphatic hydroxyl groups excluding tert-OH is 1. The van der Waals surface area contributed by atoms with Crippen LogP contribution < -0.4 is 0 Å². The van der Waals surface area contributed by atoms with Gasteiger partial charge in [0.1, 0.15) is 0 Å². The first kappa shape index (κ1) is 15.9. The maximum Gasteiger partial charge on any atom is 0.0824 e. The molecule has 0 aromatic heterocycles. The summed E-state index contributed by atoms with van der Waals surface area (Å²) in [7, 11) is 0. The molecule has 0 aliphatic carbocycles. The Labute approximate surface area is 116 Å². The fraction of sp³-hybridized carbons (Fsp3) is 0.529. The van der Waals surface area contributed by atoms with Gasteiger partial charge in [0.25, 0.3) is 0 Å². The highest BCUT2D eigenvalue weighted by atomic mass is 16.3. The largest absolute Gasteiger partial charge is 0.388 e. The number of unbranched alkanes of at least 4 members (excludes halogenated alkanes) is 2. The summed E-state index contributed by atoms with van der Waals surface area (Å²) in [6, 6.07) is 9.60. The van der Waals surface area contributed by atoms with E-state index in [2.05, 4.69) is 6.92 Å². The molecule has 0 amide bonds. The molecule has 0 spiro atoms. The highest BCUT2D eigenvalue weighted by Crippen LogP contribution is 2.20. The van der Waals surface area contributed by atoms with Gasteiger partial charge in [0.15, 0.2) is 0 Å². The molecule has 0 saturated heterocycles. The Morgan fingerprint density at radius 3 is 2.53 bits per heavy atom. The summed E-state index contributed by atoms with van der Waals surface area (Å²) in [4.78, 5) is 0. The molecule has 0 unspecified atom stereocenters. The van der Waals surface area contributed by atoms with Gasteiger partial charge >= 0.3 is 0 Å². The van der Waals surface area contributed by atoms with E-state index in [0.717, 1.165) is 31.2 Å². The molecule has 0 heterocycles. The Bertz CT molecular complexity index is 368. The van der Waals surface area contributed by atoms with Crippen LogP contribution in [0.2, 0.25) is 0 Å². The molecule has 0 radical (unpaired) electrons. The van der Waals surface area contributed by atoms with E-state index < -0.39 is 11.7 Å². The van der Waals surface area contributed by atoms with Gasteiger partial charge in [-0.2, -0.15) is 0 Å². The summed E-state index contributed by atoms with van der Waals surface area (Å²) >= 11 is 0. The zero-order chi connectivity index (χ0) is 14.1. The van der Waals surface area contributed by atoms with Crippen molar-refractivity contribution in [3.8, 4) is 0 Å². The molecule has 0 saturated carbocycles. The minimum absolute atomic E-state index is 0.496. The van der Waals surface area contributed by atoms with E-state index in [1.54, 1.807) is 0 Å². The maximum absolute atomic E-state index is 10.2. The molecule has 1 aromatic carbocycles. The van der Waals surface area contributed by atoms with Crippen LogP contribution in [0.5, 0.6) is 0 Å². The summed E-state index contributed by atoms with van der Waals surface area (Å²) in [6.07, 6.45) is 7.85. The lowest BCUT2D eigenvalue weighted by Gasteiger charge is -2.19. The number of aliphatic hydroxyl groups is 2. The van der Waals surface area contributed by atoms with Crippen molar-refractivity contribution in [2.75, 3.05) is 0 Å². The van der Waals surface area contributed by atoms with Gasteiger partial charge in [-0.05, 0) is 25.3 Å². The van der Waals surface area contributed by atoms with Gasteiger partial charge in [-0.1, -0.05) is 68.7 Å². The van der Waals surface area contributed by atoms with Crippen molar-refractivity contribution in [1.29, 1.82) is 0 Å². The van der Waals surface area contributed by atoms with Crippen LogP contribution >= 0.6 is 0 Å². The first-order chi connectivity index (χ1) is 9.05. The molecule has 2 nitrogen and oxygen atoms in total. The molecule has 0 fully saturated rings. The third-order valence-corrected chi connectivity index (χ3v) is 3.31. The van der Waals surface area contributed by atoms with Gasteiger partial charge in [-0.3, -0.25) is 0 Å². The van der Waals surface area contributed by atoms with Crippen LogP contribution in [0.3, 0.4) is 0 Å². The monoisotopic (exact) mass is 262 g/mol. The zero-order valence-corrected chi connectivity index (χ0v) is 12.0. The molecule has 0 aliphatic rings. The highest BCUT2D eigenvalue weighted by Gasteiger charge is 2.15. The molecular formula is C17H26O2. The molecule has 2 atom stereocenters. The van der Waals surface area contributed by atoms with Crippen LogP contribution in [0.15, 0.2) is 42.5 Å². The summed E-state index contributed by atoms with van der Waals surface area (Å²) in [5, 5.41) is 20.2. The molecule has 0 bridgehead atoms. The van der Waals surface area contributed by atoms with E-state index in [1.807, 2.05) is 49.4 Å². The van der Waals surface area contributed by atoms with Gasteiger partial charge in [0.2, 0.25) is 0 Å². The fourth-order valence-corrected chi connectivity index (χ4v) is 2.08. The Morgan fingerprint density at radius 2 is 1.89 bits per heavy atom. The van der Waals surface area contributed by atoms with Crippen molar-refractivity contribution in [3.63, 3.8) is 0 Å². The number of hydrogen-bond acceptors (Lipinski definition) is 2. The van der Waals surface area contributed by atoms with Crippen LogP contribution in [0.25, 0.3) is 0 Å². The van der Waals surface area contributed by atoms with Gasteiger partial charge in [-0.15, -0.1) is 0 Å². The van der Waals surface area contributed by atoms with Crippen molar-refractivity contribution < 1.29 is 10.2 Å². The lowest BCUT2D eigenvalue weighted by atomic mass is 9.97. The number of rotatable bonds is 8. The molecule has 19 heavy (non-hydrogen) atoms. The summed E-state index contributed by atoms with van der Waals surface area (Å²) in [5.41, 5.74) is 0.156. The van der Waals surface area contributed by atoms with E-state index >= 15 is 0 Å². The summed E-state index contributed by atoms with van der Waals surface area (Å²) in [6.45, 7) is 3.98. The standard InChI is InChI=1S/C17H26O2/c1-3-4-8-13-17(2,19)14-9-12-16(18)15-10-6-5-7-11-15/h5-7,9-11,14,16,18-19H,3-4,8,12-13H2,1-2H3/b14-9-/t16-,17-/m1/s1. The van der Waals surface area contributed by atoms with E-state index in [1.165, 1.54) is 0 Å². The maximum atomic E-state index is 10.2. The van der Waals surface area contributed by atoms with Crippen molar-refractivity contribution in [2.45, 2.75) is 57.7 Å². The van der Waals surface area contributed by atoms with E-state index in [-0.39, 0.29) is 0 Å². The first-order valence-corrected chi connectivity index (χ1v) is 7.18. The lowest BCUT2D eigenvalue weighted by Crippen LogP contribution is -2.20. The van der Waals surface area contributed by atoms with Crippen LogP contribution in [0.1, 0.15) is 57.6 Å². The topological polar surface area (TPSA) is 40.5 Å². The van der Waals surface area contributed by atoms with Gasteiger partial charge in [0, 0.05) is 0 Å². The molecule has 106 valence electrons. The van der Waals surface area contributed by atoms with Gasteiger partial charge in [0.05, 0.1) is 11.7 Å². The number of hydrogen-bond donors (Lipinski definition) is 2. The zero-order valence-electron chi connectivity index (χ0n) is 12.0. The minimum atomic E-state index is -0.758. The Balaban J connectivity index is 2.40. The average Bonchev–Trinajstić information content (AvgIpc) is 2.39. The Hall–Kier alpha value is -1.12. The van der Waals surface area contributed by atoms with E-state index in [9.17, 15) is 10.2 Å². The van der Waals surface area contributed by atoms with Crippen molar-refractivity contribution in [3.05, 3.63) is 48.0 Å². The van der Waals surface area contributed by atoms with Crippen LogP contribution in [-0.4, -0.2) is 15.8 Å². The van der Waals surface area contributed by atoms with Crippen molar-refractivity contribution >= 4 is 0 Å². The van der Waals surface area contributed by atoms with E-state index in [0.29, 0.717) is 6.42 Å². The lowest BCUT2D eigenvalue weighted by molar-refractivity contribution is 0.0977. The van der Waals surface area contributed by atoms with Crippen LogP contribution in [0, 0.1) is 0 Å². The third-order valence-electron chi connectivity index (χ3n) is 3.31. The molecule has 1 rings (SSSR count). The van der Waals surface area contributed by atoms with Gasteiger partial charge < -0.3 is 10.2 Å². The smallest absolute Gasteiger partial charge is 0.0824 e. The second kappa shape index (κ2) is 8.13. The normalized spacial score (nSPS) is 16.4. The summed E-state index contributed by atoms with van der Waals surface area (Å²) < 4.78 is 0. The fourth-order valence-electron chi connectivity index (χ4n) is 2.08. The molecule has 1 aromatic rings. The molecule has 2 heteroatoms. The van der Waals surface area contributed by atoms with Crippen LogP contribution in [-0.2, 0) is 0 Å². The first-order valence-electron chi connectivity index (χ1n) is 7.18. The Morgan fingerprint density at radius 1 is 1.21 bits per heavy atom. The van der Waals surface area contributed by atoms with Crippen molar-refractivity contribution in [1.82, 2.24) is 0 Å². The van der Waals surface area contributed by atoms with Crippen molar-refractivity contribution in [2.24, 2.45) is 0 Å². The third kappa shape index (κ3) is 6.55. The predicted molar refractivity (Wildman–Crippen MR) is 79.9 cm³/mol. The second-order valence-electron chi connectivity index (χ2n) is 5.38. The predicted octanol–water partition coefficient (Wildman–Crippen LogP) is 4.00. The molecule has 2 N–H and O–H groups in total. The van der Waals surface area contributed by atoms with Crippen LogP contribution in [0.4, 0.5) is 0 Å². The average molecular weight is 262 g/mol. The van der Waals surface area contributed by atoms with E-state index in [4.69, 9.17) is 0 Å². The molecule has 0 aliphatic heterocycles. The minimum Gasteiger partial charge on any atom is -0.388 e. The molecular weight excluding hydrogens is 236 g/mol. The highest BCUT2D eigenvalue weighted by molar-refractivity contribution is 5.18. The second-order valence-corrected chi connectivity index (χ2v) is 5.38. The number of benzene rings is 1. The summed E-state index contributed by atoms with van der Waals surface area (Å²) in [5.74, 6) is 0. The van der Waals surface area contributed by atoms with Gasteiger partial charge in [-0.25, -0.2) is 0 Å². The quantitative estimate of drug-likeness (QED) is 0.549. The SMILES string of the molecule is CCCCC[C@@](C)(O)/C=C\C[C@@H](O)c1ccccc1. The Kier molecular flexibility index (Phi) is 6.82.